The number of hydrogen-bond acceptors (Lipinski definition) is 18. The third kappa shape index (κ3) is 25.5. The Morgan fingerprint density at radius 2 is 1.20 bits per heavy atom. The van der Waals surface area contributed by atoms with Gasteiger partial charge in [-0.2, -0.15) is 8.78 Å². The van der Waals surface area contributed by atoms with E-state index in [1.165, 1.54) is 5.06 Å². The first-order chi connectivity index (χ1) is 37.0. The van der Waals surface area contributed by atoms with Gasteiger partial charge in [0.25, 0.3) is 5.91 Å². The van der Waals surface area contributed by atoms with E-state index in [9.17, 15) is 31.9 Å². The minimum Gasteiger partial charge on any atom is -0.420 e. The molecule has 3 heterocycles. The van der Waals surface area contributed by atoms with Crippen LogP contribution in [0.5, 0.6) is 5.75 Å². The molecule has 25 heteroatoms. The van der Waals surface area contributed by atoms with Crippen molar-refractivity contribution in [1.29, 1.82) is 0 Å². The maximum atomic E-state index is 13.6. The summed E-state index contributed by atoms with van der Waals surface area (Å²) in [5.74, 6) is -9.16. The third-order valence-corrected chi connectivity index (χ3v) is 11.1. The van der Waals surface area contributed by atoms with Crippen molar-refractivity contribution in [3.8, 4) is 5.75 Å². The predicted molar refractivity (Wildman–Crippen MR) is 268 cm³/mol. The Bertz CT molecular complexity index is 2050. The number of aliphatic imine (C=N–C) groups is 1. The normalized spacial score (nSPS) is 14.5. The molecule has 2 aliphatic rings. The van der Waals surface area contributed by atoms with Crippen LogP contribution in [0.15, 0.2) is 28.9 Å². The molecular weight excluding hydrogens is 1010 g/mol. The van der Waals surface area contributed by atoms with Crippen molar-refractivity contribution in [3.05, 3.63) is 52.9 Å². The van der Waals surface area contributed by atoms with Gasteiger partial charge in [-0.25, -0.2) is 23.8 Å². The highest BCUT2D eigenvalue weighted by atomic mass is 19.2. The van der Waals surface area contributed by atoms with E-state index in [1.54, 1.807) is 6.08 Å². The van der Waals surface area contributed by atoms with Gasteiger partial charge in [-0.1, -0.05) is 6.92 Å². The second kappa shape index (κ2) is 38.6. The van der Waals surface area contributed by atoms with Crippen molar-refractivity contribution < 1.29 is 93.9 Å². The van der Waals surface area contributed by atoms with Gasteiger partial charge in [-0.3, -0.25) is 19.2 Å². The van der Waals surface area contributed by atoms with E-state index in [4.69, 9.17) is 57.9 Å². The monoisotopic (exact) mass is 1090 g/mol. The molecule has 2 aromatic rings. The van der Waals surface area contributed by atoms with Crippen molar-refractivity contribution in [2.75, 3.05) is 170 Å². The highest BCUT2D eigenvalue weighted by Crippen LogP contribution is 2.30. The smallest absolute Gasteiger partial charge is 0.313 e. The Balaban J connectivity index is 0.850. The van der Waals surface area contributed by atoms with Crippen LogP contribution in [0.3, 0.4) is 0 Å². The Morgan fingerprint density at radius 3 is 1.68 bits per heavy atom. The fourth-order valence-corrected chi connectivity index (χ4v) is 7.39. The number of anilines is 1. The lowest BCUT2D eigenvalue weighted by atomic mass is 9.97. The minimum atomic E-state index is -1.80. The number of pyridine rings is 1. The molecule has 0 spiro atoms. The Labute approximate surface area is 441 Å². The molecule has 428 valence electrons. The highest BCUT2D eigenvalue weighted by Gasteiger charge is 2.27. The lowest BCUT2D eigenvalue weighted by molar-refractivity contribution is -0.379. The van der Waals surface area contributed by atoms with Gasteiger partial charge in [0.15, 0.2) is 17.8 Å². The standard InChI is InChI=1S/C51H76F4N6O15/c1-3-9-61(75-4-2)51(64)39-31-43-44(59-45(56)32-39)33-40(36-57-43)60-10-5-6-38(37-60)35-58-46(62)7-11-65-13-15-67-17-19-69-21-23-71-25-27-73-29-30-74-28-26-72-24-22-70-20-18-68-16-14-66-12-8-47(63)76-50-48(54)41(52)34-42(53)49(50)55/h31,33-34,36,38H,3-30,32,35,37H2,1-2H3,(H2,56,59)(H,58,62)/p+1/t38-/m0/s1. The van der Waals surface area contributed by atoms with Crippen LogP contribution in [0.2, 0.25) is 0 Å². The van der Waals surface area contributed by atoms with E-state index in [0.29, 0.717) is 148 Å². The molecule has 76 heavy (non-hydrogen) atoms. The number of benzene rings is 1. The number of H-pyrrole nitrogens is 1. The van der Waals surface area contributed by atoms with Crippen LogP contribution in [0.1, 0.15) is 58.1 Å². The van der Waals surface area contributed by atoms with E-state index in [1.807, 2.05) is 26.1 Å². The molecule has 0 unspecified atom stereocenters. The first-order valence-electron chi connectivity index (χ1n) is 25.9. The highest BCUT2D eigenvalue weighted by molar-refractivity contribution is 6.04. The topological polar surface area (TPSA) is 233 Å². The molecule has 1 aromatic heterocycles. The van der Waals surface area contributed by atoms with Crippen molar-refractivity contribution in [3.63, 3.8) is 0 Å². The zero-order chi connectivity index (χ0) is 54.6. The molecular formula is C51H77F4N6O15+. The number of hydroxylamine groups is 2. The molecule has 0 bridgehead atoms. The number of amides is 2. The molecule has 4 N–H and O–H groups in total. The van der Waals surface area contributed by atoms with E-state index >= 15 is 0 Å². The number of ether oxygens (including phenoxy) is 11. The SMILES string of the molecule is CCCN(OCC)C(=O)C1=Cc2[nH+]cc(N3CCC[C@@H](CNC(=O)CCOCCOCCOCCOCCOCCOCCOCCOCCOCCOCCC(=O)Oc4c(F)c(F)cc(F)c4F)C3)cc2N=C(N)C1. The summed E-state index contributed by atoms with van der Waals surface area (Å²) in [4.78, 5) is 53.3. The maximum Gasteiger partial charge on any atom is 0.313 e. The summed E-state index contributed by atoms with van der Waals surface area (Å²) in [6, 6.07) is 2.00. The molecule has 0 radical (unpaired) electrons. The number of fused-ring (bicyclic) bond motifs is 1. The first-order valence-corrected chi connectivity index (χ1v) is 25.9. The molecule has 0 aliphatic carbocycles. The van der Waals surface area contributed by atoms with Gasteiger partial charge in [0, 0.05) is 62.8 Å². The summed E-state index contributed by atoms with van der Waals surface area (Å²) in [6.45, 7) is 13.7. The second-order valence-electron chi connectivity index (χ2n) is 17.1. The van der Waals surface area contributed by atoms with E-state index in [0.717, 1.165) is 38.0 Å². The third-order valence-electron chi connectivity index (χ3n) is 11.1. The Morgan fingerprint density at radius 1 is 0.711 bits per heavy atom. The predicted octanol–water partition coefficient (Wildman–Crippen LogP) is 3.91. The molecule has 1 fully saturated rings. The largest absolute Gasteiger partial charge is 0.420 e. The summed E-state index contributed by atoms with van der Waals surface area (Å²) in [6.07, 6.45) is 6.57. The molecule has 21 nitrogen and oxygen atoms in total. The van der Waals surface area contributed by atoms with Crippen molar-refractivity contribution in [1.82, 2.24) is 10.4 Å². The molecule has 1 saturated heterocycles. The molecule has 4 rings (SSSR count). The van der Waals surface area contributed by atoms with Crippen molar-refractivity contribution >= 4 is 41.1 Å². The van der Waals surface area contributed by atoms with Gasteiger partial charge < -0.3 is 68.1 Å². The zero-order valence-electron chi connectivity index (χ0n) is 43.9. The number of aromatic nitrogens is 1. The number of aromatic amines is 1. The van der Waals surface area contributed by atoms with Gasteiger partial charge in [0.2, 0.25) is 29.0 Å². The quantitative estimate of drug-likeness (QED) is 0.0240. The molecule has 0 saturated carbocycles. The van der Waals surface area contributed by atoms with E-state index < -0.39 is 41.4 Å². The number of nitrogens with one attached hydrogen (secondary N) is 2. The number of amidine groups is 1. The summed E-state index contributed by atoms with van der Waals surface area (Å²) in [5, 5.41) is 4.45. The van der Waals surface area contributed by atoms with Gasteiger partial charge in [0.1, 0.15) is 17.2 Å². The summed E-state index contributed by atoms with van der Waals surface area (Å²) < 4.78 is 113. The number of carbonyl (C=O) groups is 3. The number of rotatable bonds is 42. The maximum absolute atomic E-state index is 13.6. The summed E-state index contributed by atoms with van der Waals surface area (Å²) in [5.41, 5.74) is 9.13. The van der Waals surface area contributed by atoms with Gasteiger partial charge in [-0.15, -0.1) is 0 Å². The second-order valence-corrected chi connectivity index (χ2v) is 17.1. The number of nitrogens with zero attached hydrogens (tertiary/aromatic N) is 3. The zero-order valence-corrected chi connectivity index (χ0v) is 43.9. The molecule has 1 aromatic carbocycles. The fraction of sp³-hybridized carbons (Fsp3) is 0.667. The van der Waals surface area contributed by atoms with Crippen LogP contribution in [-0.2, 0) is 66.6 Å². The number of nitrogens with two attached hydrogens (primary N) is 1. The van der Waals surface area contributed by atoms with E-state index in [-0.39, 0.29) is 63.1 Å². The van der Waals surface area contributed by atoms with Crippen LogP contribution in [0.25, 0.3) is 6.08 Å². The number of carbonyl (C=O) groups excluding carboxylic acids is 3. The average molecular weight is 1090 g/mol. The fourth-order valence-electron chi connectivity index (χ4n) is 7.39. The van der Waals surface area contributed by atoms with Crippen LogP contribution in [0.4, 0.5) is 28.9 Å². The van der Waals surface area contributed by atoms with Gasteiger partial charge in [-0.05, 0) is 32.1 Å². The number of halogens is 4. The van der Waals surface area contributed by atoms with Crippen LogP contribution in [-0.4, -0.2) is 194 Å². The van der Waals surface area contributed by atoms with Gasteiger partial charge >= 0.3 is 5.97 Å². The lowest BCUT2D eigenvalue weighted by Gasteiger charge is -2.33. The number of hydrogen-bond donors (Lipinski definition) is 2. The Hall–Kier alpha value is -4.93. The minimum absolute atomic E-state index is 0.0155. The van der Waals surface area contributed by atoms with E-state index in [2.05, 4.69) is 24.9 Å². The summed E-state index contributed by atoms with van der Waals surface area (Å²) >= 11 is 0. The lowest BCUT2D eigenvalue weighted by Crippen LogP contribution is -2.41. The molecule has 2 aliphatic heterocycles. The first kappa shape index (κ1) is 63.6. The number of esters is 1. The molecule has 1 atom stereocenters. The van der Waals surface area contributed by atoms with Crippen LogP contribution in [0, 0.1) is 29.2 Å². The van der Waals surface area contributed by atoms with Gasteiger partial charge in [0.05, 0.1) is 145 Å². The molecule has 2 amide bonds. The average Bonchev–Trinajstić information content (AvgIpc) is 3.59. The Kier molecular flexibility index (Phi) is 32.3. The van der Waals surface area contributed by atoms with Crippen LogP contribution < -0.4 is 25.7 Å². The summed E-state index contributed by atoms with van der Waals surface area (Å²) in [7, 11) is 0. The van der Waals surface area contributed by atoms with Crippen molar-refractivity contribution in [2.24, 2.45) is 16.6 Å². The van der Waals surface area contributed by atoms with Crippen molar-refractivity contribution in [2.45, 2.75) is 52.4 Å². The number of piperidine rings is 1. The van der Waals surface area contributed by atoms with Crippen LogP contribution >= 0.6 is 0 Å².